The van der Waals surface area contributed by atoms with E-state index in [2.05, 4.69) is 20.0 Å². The predicted octanol–water partition coefficient (Wildman–Crippen LogP) is 1.87. The third-order valence-corrected chi connectivity index (χ3v) is 2.52. The van der Waals surface area contributed by atoms with Crippen LogP contribution in [0.1, 0.15) is 5.56 Å². The van der Waals surface area contributed by atoms with Crippen molar-refractivity contribution in [2.24, 2.45) is 0 Å². The third-order valence-electron chi connectivity index (χ3n) is 2.52. The van der Waals surface area contributed by atoms with Crippen LogP contribution < -0.4 is 10.1 Å². The average molecular weight is 325 g/mol. The van der Waals surface area contributed by atoms with Gasteiger partial charge in [-0.05, 0) is 17.7 Å². The lowest BCUT2D eigenvalue weighted by Gasteiger charge is -2.08. The highest BCUT2D eigenvalue weighted by atomic mass is 19.1. The standard InChI is InChI=1S/C14H13F2N3O4/c15-10-3-1-2-9(6-10)8-23-13-17-7-11(16)12(18-13)19-14(21)22-5-4-20/h1-3,6-7,20H,4-5,8H2,(H,17,18,19,21). The van der Waals surface area contributed by atoms with Crippen molar-refractivity contribution >= 4 is 11.9 Å². The number of ether oxygens (including phenoxy) is 2. The maximum atomic E-state index is 13.5. The molecular formula is C14H13F2N3O4. The summed E-state index contributed by atoms with van der Waals surface area (Å²) in [6.45, 7) is -0.624. The molecule has 2 N–H and O–H groups in total. The van der Waals surface area contributed by atoms with Gasteiger partial charge in [0.2, 0.25) is 0 Å². The number of nitrogens with zero attached hydrogens (tertiary/aromatic N) is 2. The number of hydrogen-bond donors (Lipinski definition) is 2. The number of aliphatic hydroxyl groups excluding tert-OH is 1. The van der Waals surface area contributed by atoms with Gasteiger partial charge in [0, 0.05) is 0 Å². The molecule has 0 atom stereocenters. The molecule has 0 spiro atoms. The van der Waals surface area contributed by atoms with Crippen molar-refractivity contribution in [3.05, 3.63) is 47.7 Å². The van der Waals surface area contributed by atoms with Crippen molar-refractivity contribution in [2.45, 2.75) is 6.61 Å². The van der Waals surface area contributed by atoms with E-state index in [4.69, 9.17) is 9.84 Å². The van der Waals surface area contributed by atoms with Gasteiger partial charge >= 0.3 is 12.1 Å². The van der Waals surface area contributed by atoms with E-state index < -0.39 is 23.5 Å². The molecule has 0 bridgehead atoms. The Hall–Kier alpha value is -2.81. The molecule has 0 fully saturated rings. The number of amides is 1. The average Bonchev–Trinajstić information content (AvgIpc) is 2.54. The summed E-state index contributed by atoms with van der Waals surface area (Å²) in [7, 11) is 0. The lowest BCUT2D eigenvalue weighted by molar-refractivity contribution is 0.131. The van der Waals surface area contributed by atoms with Gasteiger partial charge in [0.15, 0.2) is 11.6 Å². The maximum Gasteiger partial charge on any atom is 0.412 e. The Morgan fingerprint density at radius 3 is 2.91 bits per heavy atom. The van der Waals surface area contributed by atoms with Crippen LogP contribution in [0, 0.1) is 11.6 Å². The number of rotatable bonds is 6. The fourth-order valence-electron chi connectivity index (χ4n) is 1.55. The Morgan fingerprint density at radius 2 is 2.17 bits per heavy atom. The van der Waals surface area contributed by atoms with E-state index >= 15 is 0 Å². The minimum Gasteiger partial charge on any atom is -0.459 e. The fraction of sp³-hybridized carbons (Fsp3) is 0.214. The number of aliphatic hydroxyl groups is 1. The molecule has 122 valence electrons. The zero-order valence-corrected chi connectivity index (χ0v) is 11.8. The van der Waals surface area contributed by atoms with E-state index in [-0.39, 0.29) is 25.8 Å². The van der Waals surface area contributed by atoms with Crippen molar-refractivity contribution in [3.8, 4) is 6.01 Å². The number of hydrogen-bond acceptors (Lipinski definition) is 6. The van der Waals surface area contributed by atoms with Gasteiger partial charge in [-0.25, -0.2) is 18.6 Å². The van der Waals surface area contributed by atoms with Crippen LogP contribution in [0.15, 0.2) is 30.5 Å². The number of anilines is 1. The molecule has 2 rings (SSSR count). The van der Waals surface area contributed by atoms with Gasteiger partial charge in [0.05, 0.1) is 12.8 Å². The fourth-order valence-corrected chi connectivity index (χ4v) is 1.55. The molecule has 1 aromatic heterocycles. The second-order valence-corrected chi connectivity index (χ2v) is 4.25. The number of carbonyl (C=O) groups is 1. The molecule has 23 heavy (non-hydrogen) atoms. The molecule has 0 aliphatic rings. The van der Waals surface area contributed by atoms with Crippen LogP contribution in [-0.2, 0) is 11.3 Å². The first-order valence-corrected chi connectivity index (χ1v) is 6.53. The second kappa shape index (κ2) is 7.99. The molecule has 0 saturated heterocycles. The van der Waals surface area contributed by atoms with Crippen molar-refractivity contribution in [3.63, 3.8) is 0 Å². The summed E-state index contributed by atoms with van der Waals surface area (Å²) in [5, 5.41) is 10.6. The zero-order valence-electron chi connectivity index (χ0n) is 11.8. The lowest BCUT2D eigenvalue weighted by atomic mass is 10.2. The van der Waals surface area contributed by atoms with E-state index in [0.29, 0.717) is 5.56 Å². The summed E-state index contributed by atoms with van der Waals surface area (Å²) in [4.78, 5) is 18.6. The monoisotopic (exact) mass is 325 g/mol. The first-order valence-electron chi connectivity index (χ1n) is 6.53. The van der Waals surface area contributed by atoms with Crippen LogP contribution >= 0.6 is 0 Å². The zero-order chi connectivity index (χ0) is 16.7. The molecule has 9 heteroatoms. The van der Waals surface area contributed by atoms with Gasteiger partial charge in [0.1, 0.15) is 19.0 Å². The molecule has 1 aromatic carbocycles. The minimum absolute atomic E-state index is 0.0300. The normalized spacial score (nSPS) is 10.2. The van der Waals surface area contributed by atoms with Crippen LogP contribution in [0.4, 0.5) is 19.4 Å². The van der Waals surface area contributed by atoms with Gasteiger partial charge in [-0.3, -0.25) is 5.32 Å². The number of aromatic nitrogens is 2. The van der Waals surface area contributed by atoms with Crippen molar-refractivity contribution in [1.82, 2.24) is 9.97 Å². The summed E-state index contributed by atoms with van der Waals surface area (Å²) < 4.78 is 36.3. The Balaban J connectivity index is 2.00. The summed E-state index contributed by atoms with van der Waals surface area (Å²) >= 11 is 0. The van der Waals surface area contributed by atoms with Crippen LogP contribution in [0.25, 0.3) is 0 Å². The van der Waals surface area contributed by atoms with Crippen LogP contribution in [-0.4, -0.2) is 34.4 Å². The van der Waals surface area contributed by atoms with Crippen molar-refractivity contribution < 1.29 is 28.2 Å². The Morgan fingerprint density at radius 1 is 1.35 bits per heavy atom. The third kappa shape index (κ3) is 5.15. The van der Waals surface area contributed by atoms with Crippen molar-refractivity contribution in [2.75, 3.05) is 18.5 Å². The Labute approximate surface area is 129 Å². The molecule has 2 aromatic rings. The van der Waals surface area contributed by atoms with Gasteiger partial charge in [0.25, 0.3) is 0 Å². The van der Waals surface area contributed by atoms with Gasteiger partial charge < -0.3 is 14.6 Å². The van der Waals surface area contributed by atoms with Crippen LogP contribution in [0.3, 0.4) is 0 Å². The molecule has 0 unspecified atom stereocenters. The van der Waals surface area contributed by atoms with Gasteiger partial charge in [-0.15, -0.1) is 0 Å². The number of nitrogens with one attached hydrogen (secondary N) is 1. The van der Waals surface area contributed by atoms with Crippen LogP contribution in [0.2, 0.25) is 0 Å². The second-order valence-electron chi connectivity index (χ2n) is 4.25. The summed E-state index contributed by atoms with van der Waals surface area (Å²) in [5.74, 6) is -1.73. The predicted molar refractivity (Wildman–Crippen MR) is 74.8 cm³/mol. The van der Waals surface area contributed by atoms with Crippen molar-refractivity contribution in [1.29, 1.82) is 0 Å². The van der Waals surface area contributed by atoms with Gasteiger partial charge in [-0.2, -0.15) is 4.98 Å². The van der Waals surface area contributed by atoms with E-state index in [9.17, 15) is 13.6 Å². The Bertz CT molecular complexity index is 685. The lowest BCUT2D eigenvalue weighted by Crippen LogP contribution is -2.18. The van der Waals surface area contributed by atoms with E-state index in [1.165, 1.54) is 18.2 Å². The van der Waals surface area contributed by atoms with E-state index in [1.54, 1.807) is 6.07 Å². The molecule has 7 nitrogen and oxygen atoms in total. The first kappa shape index (κ1) is 16.6. The smallest absolute Gasteiger partial charge is 0.412 e. The molecule has 1 heterocycles. The molecule has 0 radical (unpaired) electrons. The largest absolute Gasteiger partial charge is 0.459 e. The summed E-state index contributed by atoms with van der Waals surface area (Å²) in [6.07, 6.45) is -0.164. The molecule has 0 saturated carbocycles. The highest BCUT2D eigenvalue weighted by Gasteiger charge is 2.12. The summed E-state index contributed by atoms with van der Waals surface area (Å²) in [5.41, 5.74) is 0.537. The van der Waals surface area contributed by atoms with E-state index in [1.807, 2.05) is 0 Å². The highest BCUT2D eigenvalue weighted by molar-refractivity contribution is 5.83. The molecule has 0 aliphatic heterocycles. The number of carbonyl (C=O) groups excluding carboxylic acids is 1. The highest BCUT2D eigenvalue weighted by Crippen LogP contribution is 2.15. The number of benzene rings is 1. The SMILES string of the molecule is O=C(Nc1nc(OCc2cccc(F)c2)ncc1F)OCCO. The summed E-state index contributed by atoms with van der Waals surface area (Å²) in [6, 6.07) is 5.52. The maximum absolute atomic E-state index is 13.5. The molecular weight excluding hydrogens is 312 g/mol. The molecule has 1 amide bonds. The number of halogens is 2. The van der Waals surface area contributed by atoms with Gasteiger partial charge in [-0.1, -0.05) is 12.1 Å². The minimum atomic E-state index is -0.979. The topological polar surface area (TPSA) is 93.6 Å². The van der Waals surface area contributed by atoms with Crippen LogP contribution in [0.5, 0.6) is 6.01 Å². The molecule has 0 aliphatic carbocycles. The first-order chi connectivity index (χ1) is 11.1. The Kier molecular flexibility index (Phi) is 5.75. The quantitative estimate of drug-likeness (QED) is 0.842. The van der Waals surface area contributed by atoms with E-state index in [0.717, 1.165) is 6.20 Å².